The SMILES string of the molecule is CC.CC.CC1Cc2cnccc2C1C. The van der Waals surface area contributed by atoms with Crippen molar-refractivity contribution in [1.29, 1.82) is 0 Å². The number of fused-ring (bicyclic) bond motifs is 1. The van der Waals surface area contributed by atoms with Gasteiger partial charge in [0.05, 0.1) is 0 Å². The van der Waals surface area contributed by atoms with E-state index in [1.165, 1.54) is 17.5 Å². The van der Waals surface area contributed by atoms with Crippen molar-refractivity contribution in [2.24, 2.45) is 5.92 Å². The molecule has 1 nitrogen and oxygen atoms in total. The maximum Gasteiger partial charge on any atom is 0.0302 e. The molecule has 2 unspecified atom stereocenters. The lowest BCUT2D eigenvalue weighted by atomic mass is 9.97. The zero-order chi connectivity index (χ0) is 11.8. The van der Waals surface area contributed by atoms with Crippen LogP contribution in [0.2, 0.25) is 0 Å². The van der Waals surface area contributed by atoms with Crippen LogP contribution in [-0.4, -0.2) is 4.98 Å². The number of hydrogen-bond acceptors (Lipinski definition) is 1. The van der Waals surface area contributed by atoms with Gasteiger partial charge in [-0.05, 0) is 35.4 Å². The van der Waals surface area contributed by atoms with Crippen LogP contribution in [0.15, 0.2) is 18.5 Å². The Kier molecular flexibility index (Phi) is 7.02. The molecule has 0 aromatic carbocycles. The minimum atomic E-state index is 0.730. The van der Waals surface area contributed by atoms with Crippen molar-refractivity contribution in [2.45, 2.75) is 53.9 Å². The van der Waals surface area contributed by atoms with Crippen LogP contribution in [0.4, 0.5) is 0 Å². The van der Waals surface area contributed by atoms with E-state index in [2.05, 4.69) is 24.9 Å². The highest BCUT2D eigenvalue weighted by molar-refractivity contribution is 5.32. The van der Waals surface area contributed by atoms with Crippen LogP contribution in [0.5, 0.6) is 0 Å². The molecule has 2 rings (SSSR count). The lowest BCUT2D eigenvalue weighted by Gasteiger charge is -2.08. The van der Waals surface area contributed by atoms with Gasteiger partial charge < -0.3 is 0 Å². The zero-order valence-electron chi connectivity index (χ0n) is 11.0. The molecule has 0 aliphatic heterocycles. The van der Waals surface area contributed by atoms with E-state index in [4.69, 9.17) is 0 Å². The second-order valence-electron chi connectivity index (χ2n) is 3.54. The Bertz CT molecular complexity index is 268. The van der Waals surface area contributed by atoms with Crippen LogP contribution in [0.1, 0.15) is 58.6 Å². The Labute approximate surface area is 94.9 Å². The molecule has 1 heterocycles. The highest BCUT2D eigenvalue weighted by Crippen LogP contribution is 2.36. The van der Waals surface area contributed by atoms with Gasteiger partial charge in [0, 0.05) is 12.4 Å². The third kappa shape index (κ3) is 3.33. The molecule has 1 aliphatic rings. The third-order valence-electron chi connectivity index (χ3n) is 2.83. The van der Waals surface area contributed by atoms with Gasteiger partial charge in [0.15, 0.2) is 0 Å². The van der Waals surface area contributed by atoms with Gasteiger partial charge in [0.2, 0.25) is 0 Å². The fraction of sp³-hybridized carbons (Fsp3) is 0.643. The van der Waals surface area contributed by atoms with Crippen molar-refractivity contribution in [1.82, 2.24) is 4.98 Å². The quantitative estimate of drug-likeness (QED) is 0.613. The van der Waals surface area contributed by atoms with Crippen molar-refractivity contribution in [3.8, 4) is 0 Å². The first-order valence-electron chi connectivity index (χ1n) is 6.22. The molecular weight excluding hydrogens is 182 g/mol. The number of aromatic nitrogens is 1. The van der Waals surface area contributed by atoms with E-state index in [1.54, 1.807) is 0 Å². The Morgan fingerprint density at radius 2 is 1.73 bits per heavy atom. The van der Waals surface area contributed by atoms with Gasteiger partial charge in [-0.1, -0.05) is 41.5 Å². The van der Waals surface area contributed by atoms with Crippen LogP contribution in [0.25, 0.3) is 0 Å². The average molecular weight is 207 g/mol. The summed E-state index contributed by atoms with van der Waals surface area (Å²) >= 11 is 0. The monoisotopic (exact) mass is 207 g/mol. The fourth-order valence-electron chi connectivity index (χ4n) is 1.88. The van der Waals surface area contributed by atoms with Gasteiger partial charge in [0.25, 0.3) is 0 Å². The molecule has 0 N–H and O–H groups in total. The summed E-state index contributed by atoms with van der Waals surface area (Å²) in [7, 11) is 0. The van der Waals surface area contributed by atoms with Crippen molar-refractivity contribution >= 4 is 0 Å². The van der Waals surface area contributed by atoms with E-state index in [0.717, 1.165) is 11.8 Å². The summed E-state index contributed by atoms with van der Waals surface area (Å²) in [6.07, 6.45) is 5.12. The van der Waals surface area contributed by atoms with Gasteiger partial charge in [-0.2, -0.15) is 0 Å². The number of hydrogen-bond donors (Lipinski definition) is 0. The molecule has 0 bridgehead atoms. The number of pyridine rings is 1. The molecule has 0 spiro atoms. The highest BCUT2D eigenvalue weighted by Gasteiger charge is 2.24. The molecule has 0 amide bonds. The summed E-state index contributed by atoms with van der Waals surface area (Å²) in [6.45, 7) is 12.6. The maximum absolute atomic E-state index is 4.13. The van der Waals surface area contributed by atoms with Gasteiger partial charge >= 0.3 is 0 Å². The third-order valence-corrected chi connectivity index (χ3v) is 2.83. The summed E-state index contributed by atoms with van der Waals surface area (Å²) < 4.78 is 0. The lowest BCUT2D eigenvalue weighted by molar-refractivity contribution is 0.532. The van der Waals surface area contributed by atoms with Crippen molar-refractivity contribution in [3.63, 3.8) is 0 Å². The Morgan fingerprint density at radius 1 is 1.13 bits per heavy atom. The summed E-state index contributed by atoms with van der Waals surface area (Å²) in [5, 5.41) is 0. The van der Waals surface area contributed by atoms with Crippen molar-refractivity contribution in [2.75, 3.05) is 0 Å². The largest absolute Gasteiger partial charge is 0.264 e. The van der Waals surface area contributed by atoms with E-state index in [9.17, 15) is 0 Å². The van der Waals surface area contributed by atoms with Gasteiger partial charge in [-0.15, -0.1) is 0 Å². The van der Waals surface area contributed by atoms with Crippen LogP contribution < -0.4 is 0 Å². The lowest BCUT2D eigenvalue weighted by Crippen LogP contribution is -1.97. The van der Waals surface area contributed by atoms with Gasteiger partial charge in [-0.3, -0.25) is 4.98 Å². The highest BCUT2D eigenvalue weighted by atomic mass is 14.6. The summed E-state index contributed by atoms with van der Waals surface area (Å²) in [5.74, 6) is 1.53. The van der Waals surface area contributed by atoms with Crippen LogP contribution in [0, 0.1) is 5.92 Å². The Balaban J connectivity index is 0.000000442. The van der Waals surface area contributed by atoms with E-state index >= 15 is 0 Å². The molecule has 1 heteroatoms. The molecule has 0 fully saturated rings. The average Bonchev–Trinajstić information content (AvgIpc) is 2.61. The van der Waals surface area contributed by atoms with E-state index in [1.807, 2.05) is 40.1 Å². The van der Waals surface area contributed by atoms with Crippen molar-refractivity contribution < 1.29 is 0 Å². The molecule has 2 atom stereocenters. The maximum atomic E-state index is 4.13. The number of rotatable bonds is 0. The zero-order valence-corrected chi connectivity index (χ0v) is 11.0. The molecule has 0 saturated carbocycles. The minimum Gasteiger partial charge on any atom is -0.264 e. The molecule has 86 valence electrons. The molecule has 0 radical (unpaired) electrons. The van der Waals surface area contributed by atoms with Crippen molar-refractivity contribution in [3.05, 3.63) is 29.6 Å². The Hall–Kier alpha value is -0.850. The summed E-state index contributed by atoms with van der Waals surface area (Å²) in [6, 6.07) is 2.16. The first-order chi connectivity index (χ1) is 7.29. The molecule has 1 aromatic heterocycles. The molecule has 0 saturated heterocycles. The predicted molar refractivity (Wildman–Crippen MR) is 68.2 cm³/mol. The normalized spacial score (nSPS) is 21.7. The molecular formula is C14H25N. The molecule has 1 aliphatic carbocycles. The van der Waals surface area contributed by atoms with Gasteiger partial charge in [-0.25, -0.2) is 0 Å². The predicted octanol–water partition coefficient (Wildman–Crippen LogP) is 4.43. The first-order valence-corrected chi connectivity index (χ1v) is 6.22. The Morgan fingerprint density at radius 3 is 2.27 bits per heavy atom. The van der Waals surface area contributed by atoms with Crippen LogP contribution >= 0.6 is 0 Å². The first kappa shape index (κ1) is 14.2. The van der Waals surface area contributed by atoms with Crippen LogP contribution in [-0.2, 0) is 6.42 Å². The van der Waals surface area contributed by atoms with E-state index < -0.39 is 0 Å². The van der Waals surface area contributed by atoms with E-state index in [-0.39, 0.29) is 0 Å². The smallest absolute Gasteiger partial charge is 0.0302 e. The summed E-state index contributed by atoms with van der Waals surface area (Å²) in [4.78, 5) is 4.13. The summed E-state index contributed by atoms with van der Waals surface area (Å²) in [5.41, 5.74) is 2.96. The topological polar surface area (TPSA) is 12.9 Å². The number of nitrogens with zero attached hydrogens (tertiary/aromatic N) is 1. The second-order valence-corrected chi connectivity index (χ2v) is 3.54. The van der Waals surface area contributed by atoms with E-state index in [0.29, 0.717) is 0 Å². The standard InChI is InChI=1S/C10H13N.2C2H6/c1-7-5-9-6-11-4-3-10(9)8(7)2;2*1-2/h3-4,6-8H,5H2,1-2H3;2*1-2H3. The van der Waals surface area contributed by atoms with Gasteiger partial charge in [0.1, 0.15) is 0 Å². The second kappa shape index (κ2) is 7.44. The molecule has 1 aromatic rings. The van der Waals surface area contributed by atoms with Crippen LogP contribution in [0.3, 0.4) is 0 Å². The minimum absolute atomic E-state index is 0.730. The fourth-order valence-corrected chi connectivity index (χ4v) is 1.88. The molecule has 15 heavy (non-hydrogen) atoms.